The Morgan fingerprint density at radius 3 is 2.23 bits per heavy atom. The highest BCUT2D eigenvalue weighted by Crippen LogP contribution is 2.32. The van der Waals surface area contributed by atoms with Crippen molar-refractivity contribution in [2.75, 3.05) is 0 Å². The van der Waals surface area contributed by atoms with E-state index in [1.807, 2.05) is 60.7 Å². The average molecular weight is 343 g/mol. The zero-order chi connectivity index (χ0) is 18.3. The van der Waals surface area contributed by atoms with Gasteiger partial charge in [0.25, 0.3) is 0 Å². The summed E-state index contributed by atoms with van der Waals surface area (Å²) >= 11 is 0. The molecule has 0 bridgehead atoms. The van der Waals surface area contributed by atoms with Gasteiger partial charge in [-0.3, -0.25) is 4.79 Å². The molecule has 1 N–H and O–H groups in total. The van der Waals surface area contributed by atoms with Crippen molar-refractivity contribution >= 4 is 27.6 Å². The summed E-state index contributed by atoms with van der Waals surface area (Å²) in [4.78, 5) is 12.8. The SMILES string of the molecule is CCn1c2ccc(C(=O)c3ccccc3)cc2c2cc(C(C)O)ccc21. The zero-order valence-electron chi connectivity index (χ0n) is 14.9. The second-order valence-corrected chi connectivity index (χ2v) is 6.62. The van der Waals surface area contributed by atoms with Gasteiger partial charge in [0, 0.05) is 39.5 Å². The molecule has 0 saturated heterocycles. The molecule has 0 aliphatic rings. The number of hydrogen-bond acceptors (Lipinski definition) is 2. The van der Waals surface area contributed by atoms with Crippen molar-refractivity contribution in [3.8, 4) is 0 Å². The normalized spacial score (nSPS) is 12.6. The fourth-order valence-electron chi connectivity index (χ4n) is 3.62. The van der Waals surface area contributed by atoms with Crippen molar-refractivity contribution in [2.45, 2.75) is 26.5 Å². The Balaban J connectivity index is 1.95. The summed E-state index contributed by atoms with van der Waals surface area (Å²) < 4.78 is 2.24. The molecule has 1 atom stereocenters. The molecule has 0 fully saturated rings. The fourth-order valence-corrected chi connectivity index (χ4v) is 3.62. The van der Waals surface area contributed by atoms with Gasteiger partial charge in [0.05, 0.1) is 6.10 Å². The lowest BCUT2D eigenvalue weighted by atomic mass is 10.0. The summed E-state index contributed by atoms with van der Waals surface area (Å²) in [6.07, 6.45) is -0.520. The molecule has 1 heterocycles. The lowest BCUT2D eigenvalue weighted by Gasteiger charge is -2.06. The lowest BCUT2D eigenvalue weighted by Crippen LogP contribution is -2.01. The Morgan fingerprint density at radius 1 is 0.923 bits per heavy atom. The van der Waals surface area contributed by atoms with Crippen LogP contribution in [0.15, 0.2) is 66.7 Å². The first-order chi connectivity index (χ1) is 12.6. The number of aliphatic hydroxyl groups is 1. The predicted octanol–water partition coefficient (Wildman–Crippen LogP) is 5.10. The second kappa shape index (κ2) is 6.43. The molecule has 0 amide bonds. The summed E-state index contributed by atoms with van der Waals surface area (Å²) in [5.41, 5.74) is 4.48. The maximum absolute atomic E-state index is 12.8. The summed E-state index contributed by atoms with van der Waals surface area (Å²) in [5.74, 6) is 0.0246. The van der Waals surface area contributed by atoms with E-state index in [-0.39, 0.29) is 5.78 Å². The monoisotopic (exact) mass is 343 g/mol. The smallest absolute Gasteiger partial charge is 0.193 e. The number of benzene rings is 3. The van der Waals surface area contributed by atoms with Gasteiger partial charge < -0.3 is 9.67 Å². The van der Waals surface area contributed by atoms with Crippen LogP contribution in [0.25, 0.3) is 21.8 Å². The largest absolute Gasteiger partial charge is 0.389 e. The van der Waals surface area contributed by atoms with Crippen molar-refractivity contribution in [1.82, 2.24) is 4.57 Å². The first-order valence-corrected chi connectivity index (χ1v) is 8.94. The van der Waals surface area contributed by atoms with Gasteiger partial charge in [0.15, 0.2) is 5.78 Å². The number of fused-ring (bicyclic) bond motifs is 3. The number of hydrogen-bond donors (Lipinski definition) is 1. The number of aromatic nitrogens is 1. The number of carbonyl (C=O) groups excluding carboxylic acids is 1. The molecule has 26 heavy (non-hydrogen) atoms. The van der Waals surface area contributed by atoms with E-state index in [2.05, 4.69) is 17.6 Å². The van der Waals surface area contributed by atoms with Crippen LogP contribution in [0.3, 0.4) is 0 Å². The van der Waals surface area contributed by atoms with Gasteiger partial charge in [-0.1, -0.05) is 36.4 Å². The number of ketones is 1. The Kier molecular flexibility index (Phi) is 4.09. The Bertz CT molecular complexity index is 1110. The van der Waals surface area contributed by atoms with E-state index in [0.717, 1.165) is 33.9 Å². The van der Waals surface area contributed by atoms with Gasteiger partial charge in [-0.05, 0) is 49.7 Å². The first-order valence-electron chi connectivity index (χ1n) is 8.94. The standard InChI is InChI=1S/C23H21NO2/c1-3-24-21-11-9-17(15(2)25)13-19(21)20-14-18(10-12-22(20)24)23(26)16-7-5-4-6-8-16/h4-15,25H,3H2,1-2H3. The van der Waals surface area contributed by atoms with Crippen LogP contribution in [0.1, 0.15) is 41.4 Å². The molecule has 3 nitrogen and oxygen atoms in total. The molecule has 0 saturated carbocycles. The van der Waals surface area contributed by atoms with Crippen LogP contribution < -0.4 is 0 Å². The van der Waals surface area contributed by atoms with Gasteiger partial charge in [-0.15, -0.1) is 0 Å². The van der Waals surface area contributed by atoms with Crippen LogP contribution in [0.4, 0.5) is 0 Å². The lowest BCUT2D eigenvalue weighted by molar-refractivity contribution is 0.103. The highest BCUT2D eigenvalue weighted by Gasteiger charge is 2.15. The number of aryl methyl sites for hydroxylation is 1. The molecule has 130 valence electrons. The molecular formula is C23H21NO2. The highest BCUT2D eigenvalue weighted by atomic mass is 16.3. The van der Waals surface area contributed by atoms with Crippen LogP contribution in [0, 0.1) is 0 Å². The fraction of sp³-hybridized carbons (Fsp3) is 0.174. The number of aliphatic hydroxyl groups excluding tert-OH is 1. The number of rotatable bonds is 4. The topological polar surface area (TPSA) is 42.2 Å². The maximum atomic E-state index is 12.8. The minimum atomic E-state index is -0.520. The van der Waals surface area contributed by atoms with Crippen molar-refractivity contribution < 1.29 is 9.90 Å². The molecule has 1 aromatic heterocycles. The van der Waals surface area contributed by atoms with Crippen LogP contribution >= 0.6 is 0 Å². The molecule has 3 heteroatoms. The molecule has 1 unspecified atom stereocenters. The van der Waals surface area contributed by atoms with E-state index in [9.17, 15) is 9.90 Å². The van der Waals surface area contributed by atoms with Gasteiger partial charge >= 0.3 is 0 Å². The van der Waals surface area contributed by atoms with Crippen molar-refractivity contribution in [3.63, 3.8) is 0 Å². The predicted molar refractivity (Wildman–Crippen MR) is 106 cm³/mol. The van der Waals surface area contributed by atoms with E-state index < -0.39 is 6.10 Å². The van der Waals surface area contributed by atoms with Crippen LogP contribution in [-0.4, -0.2) is 15.5 Å². The Hall–Kier alpha value is -2.91. The van der Waals surface area contributed by atoms with Gasteiger partial charge in [-0.2, -0.15) is 0 Å². The first kappa shape index (κ1) is 16.6. The third-order valence-corrected chi connectivity index (χ3v) is 4.99. The quantitative estimate of drug-likeness (QED) is 0.524. The molecule has 0 radical (unpaired) electrons. The third kappa shape index (κ3) is 2.61. The second-order valence-electron chi connectivity index (χ2n) is 6.62. The minimum Gasteiger partial charge on any atom is -0.389 e. The number of carbonyl (C=O) groups is 1. The van der Waals surface area contributed by atoms with E-state index in [0.29, 0.717) is 11.1 Å². The van der Waals surface area contributed by atoms with Crippen LogP contribution in [0.5, 0.6) is 0 Å². The molecule has 0 spiro atoms. The molecule has 4 aromatic rings. The van der Waals surface area contributed by atoms with Crippen molar-refractivity contribution in [3.05, 3.63) is 83.4 Å². The van der Waals surface area contributed by atoms with E-state index in [1.165, 1.54) is 0 Å². The molecular weight excluding hydrogens is 322 g/mol. The van der Waals surface area contributed by atoms with Gasteiger partial charge in [0.2, 0.25) is 0 Å². The molecule has 0 aliphatic carbocycles. The van der Waals surface area contributed by atoms with E-state index >= 15 is 0 Å². The molecule has 0 aliphatic heterocycles. The number of nitrogens with zero attached hydrogens (tertiary/aromatic N) is 1. The summed E-state index contributed by atoms with van der Waals surface area (Å²) in [7, 11) is 0. The van der Waals surface area contributed by atoms with Crippen molar-refractivity contribution in [1.29, 1.82) is 0 Å². The van der Waals surface area contributed by atoms with Crippen LogP contribution in [-0.2, 0) is 6.54 Å². The average Bonchev–Trinajstić information content (AvgIpc) is 3.00. The van der Waals surface area contributed by atoms with Crippen LogP contribution in [0.2, 0.25) is 0 Å². The van der Waals surface area contributed by atoms with E-state index in [1.54, 1.807) is 6.92 Å². The summed E-state index contributed by atoms with van der Waals surface area (Å²) in [6, 6.07) is 21.3. The Morgan fingerprint density at radius 2 is 1.58 bits per heavy atom. The third-order valence-electron chi connectivity index (χ3n) is 4.99. The maximum Gasteiger partial charge on any atom is 0.193 e. The van der Waals surface area contributed by atoms with Crippen molar-refractivity contribution in [2.24, 2.45) is 0 Å². The summed E-state index contributed by atoms with van der Waals surface area (Å²) in [5, 5.41) is 12.1. The van der Waals surface area contributed by atoms with E-state index in [4.69, 9.17) is 0 Å². The zero-order valence-corrected chi connectivity index (χ0v) is 14.9. The molecule has 4 rings (SSSR count). The molecule has 3 aromatic carbocycles. The summed E-state index contributed by atoms with van der Waals surface area (Å²) in [6.45, 7) is 4.73. The highest BCUT2D eigenvalue weighted by molar-refractivity contribution is 6.14. The van der Waals surface area contributed by atoms with Gasteiger partial charge in [-0.25, -0.2) is 0 Å². The minimum absolute atomic E-state index is 0.0246. The van der Waals surface area contributed by atoms with Gasteiger partial charge in [0.1, 0.15) is 0 Å². The Labute approximate surface area is 152 Å².